The Kier molecular flexibility index (Phi) is 4.71. The summed E-state index contributed by atoms with van der Waals surface area (Å²) in [5, 5.41) is 4.40. The second kappa shape index (κ2) is 7.69. The molecule has 31 heavy (non-hydrogen) atoms. The Labute approximate surface area is 180 Å². The Balaban J connectivity index is 1.74. The van der Waals surface area contributed by atoms with Crippen LogP contribution in [0.1, 0.15) is 11.1 Å². The first-order valence-electron chi connectivity index (χ1n) is 10.1. The molecule has 5 rings (SSSR count). The van der Waals surface area contributed by atoms with Crippen LogP contribution in [0, 0.1) is 19.7 Å². The third kappa shape index (κ3) is 3.66. The van der Waals surface area contributed by atoms with E-state index in [2.05, 4.69) is 59.5 Å². The van der Waals surface area contributed by atoms with Crippen molar-refractivity contribution >= 4 is 22.5 Å². The minimum atomic E-state index is -0.268. The van der Waals surface area contributed by atoms with E-state index in [1.807, 2.05) is 29.0 Å². The zero-order valence-corrected chi connectivity index (χ0v) is 17.3. The van der Waals surface area contributed by atoms with Gasteiger partial charge in [-0.15, -0.1) is 0 Å². The van der Waals surface area contributed by atoms with Crippen molar-refractivity contribution in [3.05, 3.63) is 102 Å². The van der Waals surface area contributed by atoms with E-state index in [0.717, 1.165) is 39.4 Å². The predicted molar refractivity (Wildman–Crippen MR) is 123 cm³/mol. The summed E-state index contributed by atoms with van der Waals surface area (Å²) in [6, 6.07) is 22.9. The van der Waals surface area contributed by atoms with Crippen LogP contribution in [-0.2, 0) is 0 Å². The number of fused-ring (bicyclic) bond motifs is 1. The number of rotatable bonds is 4. The van der Waals surface area contributed by atoms with E-state index in [-0.39, 0.29) is 5.82 Å². The van der Waals surface area contributed by atoms with Crippen LogP contribution in [0.3, 0.4) is 0 Å². The Morgan fingerprint density at radius 1 is 0.839 bits per heavy atom. The molecular weight excluding hydrogens is 387 g/mol. The molecule has 2 heterocycles. The number of anilines is 2. The lowest BCUT2D eigenvalue weighted by Gasteiger charge is -2.10. The van der Waals surface area contributed by atoms with Crippen LogP contribution < -0.4 is 5.32 Å². The van der Waals surface area contributed by atoms with Crippen molar-refractivity contribution in [1.82, 2.24) is 14.5 Å². The maximum atomic E-state index is 13.5. The lowest BCUT2D eigenvalue weighted by Crippen LogP contribution is -1.99. The standard InChI is InChI=1S/C26H21FN4/c1-17-12-18(2)14-21(13-17)30-25-24-23(19-6-4-3-5-7-19)15-31(26(24)29-16-28-25)22-10-8-20(27)9-11-22/h3-16H,1-2H3,(H,28,29,30). The van der Waals surface area contributed by atoms with Gasteiger partial charge in [0.15, 0.2) is 5.65 Å². The molecule has 0 amide bonds. The van der Waals surface area contributed by atoms with Gasteiger partial charge in [-0.05, 0) is 66.9 Å². The summed E-state index contributed by atoms with van der Waals surface area (Å²) in [6.45, 7) is 4.16. The second-order valence-electron chi connectivity index (χ2n) is 7.68. The molecule has 2 aromatic heterocycles. The van der Waals surface area contributed by atoms with Crippen LogP contribution in [-0.4, -0.2) is 14.5 Å². The largest absolute Gasteiger partial charge is 0.340 e. The molecule has 0 atom stereocenters. The Morgan fingerprint density at radius 2 is 1.55 bits per heavy atom. The van der Waals surface area contributed by atoms with E-state index in [0.29, 0.717) is 0 Å². The summed E-state index contributed by atoms with van der Waals surface area (Å²) < 4.78 is 15.5. The highest BCUT2D eigenvalue weighted by atomic mass is 19.1. The number of benzene rings is 3. The minimum Gasteiger partial charge on any atom is -0.340 e. The van der Waals surface area contributed by atoms with Gasteiger partial charge in [0.05, 0.1) is 5.39 Å². The molecule has 3 aromatic carbocycles. The van der Waals surface area contributed by atoms with Gasteiger partial charge in [0.25, 0.3) is 0 Å². The smallest absolute Gasteiger partial charge is 0.150 e. The van der Waals surface area contributed by atoms with Crippen LogP contribution >= 0.6 is 0 Å². The van der Waals surface area contributed by atoms with E-state index in [1.165, 1.54) is 23.3 Å². The highest BCUT2D eigenvalue weighted by Crippen LogP contribution is 2.36. The average Bonchev–Trinajstić information content (AvgIpc) is 3.15. The number of aryl methyl sites for hydroxylation is 2. The van der Waals surface area contributed by atoms with Gasteiger partial charge >= 0.3 is 0 Å². The molecule has 0 fully saturated rings. The molecule has 0 aliphatic rings. The summed E-state index contributed by atoms with van der Waals surface area (Å²) in [6.07, 6.45) is 3.59. The van der Waals surface area contributed by atoms with Crippen molar-refractivity contribution < 1.29 is 4.39 Å². The molecule has 5 heteroatoms. The fourth-order valence-electron chi connectivity index (χ4n) is 3.98. The quantitative estimate of drug-likeness (QED) is 0.365. The van der Waals surface area contributed by atoms with Crippen LogP contribution in [0.25, 0.3) is 27.8 Å². The zero-order valence-electron chi connectivity index (χ0n) is 17.3. The number of nitrogens with one attached hydrogen (secondary N) is 1. The highest BCUT2D eigenvalue weighted by Gasteiger charge is 2.17. The van der Waals surface area contributed by atoms with Crippen molar-refractivity contribution in [3.8, 4) is 16.8 Å². The maximum absolute atomic E-state index is 13.5. The molecule has 5 aromatic rings. The first-order chi connectivity index (χ1) is 15.1. The Morgan fingerprint density at radius 3 is 2.26 bits per heavy atom. The zero-order chi connectivity index (χ0) is 21.4. The molecule has 0 aliphatic carbocycles. The van der Waals surface area contributed by atoms with Gasteiger partial charge in [-0.3, -0.25) is 0 Å². The lowest BCUT2D eigenvalue weighted by molar-refractivity contribution is 0.627. The topological polar surface area (TPSA) is 42.7 Å². The van der Waals surface area contributed by atoms with Gasteiger partial charge < -0.3 is 9.88 Å². The van der Waals surface area contributed by atoms with Crippen LogP contribution in [0.15, 0.2) is 85.3 Å². The van der Waals surface area contributed by atoms with Crippen LogP contribution in [0.4, 0.5) is 15.9 Å². The van der Waals surface area contributed by atoms with E-state index in [1.54, 1.807) is 18.5 Å². The fourth-order valence-corrected chi connectivity index (χ4v) is 3.98. The third-order valence-corrected chi connectivity index (χ3v) is 5.26. The van der Waals surface area contributed by atoms with Crippen molar-refractivity contribution in [2.24, 2.45) is 0 Å². The number of hydrogen-bond acceptors (Lipinski definition) is 3. The Bertz CT molecular complexity index is 1350. The van der Waals surface area contributed by atoms with E-state index < -0.39 is 0 Å². The maximum Gasteiger partial charge on any atom is 0.150 e. The molecule has 0 aliphatic heterocycles. The Hall–Kier alpha value is -3.99. The van der Waals surface area contributed by atoms with Crippen molar-refractivity contribution in [2.75, 3.05) is 5.32 Å². The van der Waals surface area contributed by atoms with Gasteiger partial charge in [-0.1, -0.05) is 36.4 Å². The molecule has 0 radical (unpaired) electrons. The van der Waals surface area contributed by atoms with Gasteiger partial charge in [0.1, 0.15) is 18.0 Å². The van der Waals surface area contributed by atoms with Gasteiger partial charge in [0.2, 0.25) is 0 Å². The predicted octanol–water partition coefficient (Wildman–Crippen LogP) is 6.59. The molecule has 152 valence electrons. The summed E-state index contributed by atoms with van der Waals surface area (Å²) >= 11 is 0. The lowest BCUT2D eigenvalue weighted by atomic mass is 10.1. The summed E-state index contributed by atoms with van der Waals surface area (Å²) in [7, 11) is 0. The summed E-state index contributed by atoms with van der Waals surface area (Å²) in [4.78, 5) is 9.15. The number of hydrogen-bond donors (Lipinski definition) is 1. The molecule has 0 spiro atoms. The SMILES string of the molecule is Cc1cc(C)cc(Nc2ncnc3c2c(-c2ccccc2)cn3-c2ccc(F)cc2)c1. The van der Waals surface area contributed by atoms with Gasteiger partial charge in [-0.2, -0.15) is 0 Å². The molecular formula is C26H21FN4. The fraction of sp³-hybridized carbons (Fsp3) is 0.0769. The van der Waals surface area contributed by atoms with Gasteiger partial charge in [-0.25, -0.2) is 14.4 Å². The molecule has 1 N–H and O–H groups in total. The molecule has 4 nitrogen and oxygen atoms in total. The first-order valence-corrected chi connectivity index (χ1v) is 10.1. The van der Waals surface area contributed by atoms with Gasteiger partial charge in [0, 0.05) is 23.1 Å². The average molecular weight is 408 g/mol. The van der Waals surface area contributed by atoms with Crippen molar-refractivity contribution in [2.45, 2.75) is 13.8 Å². The summed E-state index contributed by atoms with van der Waals surface area (Å²) in [5.41, 5.74) is 7.00. The third-order valence-electron chi connectivity index (χ3n) is 5.26. The van der Waals surface area contributed by atoms with Crippen LogP contribution in [0.5, 0.6) is 0 Å². The van der Waals surface area contributed by atoms with Crippen molar-refractivity contribution in [3.63, 3.8) is 0 Å². The number of nitrogens with zero attached hydrogens (tertiary/aromatic N) is 3. The molecule has 0 saturated carbocycles. The first kappa shape index (κ1) is 19.0. The molecule has 0 saturated heterocycles. The van der Waals surface area contributed by atoms with Crippen molar-refractivity contribution in [1.29, 1.82) is 0 Å². The number of aromatic nitrogens is 3. The molecule has 0 bridgehead atoms. The summed E-state index contributed by atoms with van der Waals surface area (Å²) in [5.74, 6) is 0.463. The minimum absolute atomic E-state index is 0.268. The molecule has 0 unspecified atom stereocenters. The normalized spacial score (nSPS) is 11.1. The number of halogens is 1. The van der Waals surface area contributed by atoms with Crippen LogP contribution in [0.2, 0.25) is 0 Å². The van der Waals surface area contributed by atoms with E-state index in [9.17, 15) is 4.39 Å². The highest BCUT2D eigenvalue weighted by molar-refractivity contribution is 6.03. The van der Waals surface area contributed by atoms with E-state index >= 15 is 0 Å². The monoisotopic (exact) mass is 408 g/mol. The van der Waals surface area contributed by atoms with E-state index in [4.69, 9.17) is 0 Å². The second-order valence-corrected chi connectivity index (χ2v) is 7.68.